The summed E-state index contributed by atoms with van der Waals surface area (Å²) in [6.45, 7) is 4.96. The monoisotopic (exact) mass is 1340 g/mol. The van der Waals surface area contributed by atoms with Crippen molar-refractivity contribution >= 4 is 11.9 Å². The molecule has 0 saturated carbocycles. The van der Waals surface area contributed by atoms with E-state index in [0.29, 0.717) is 19.4 Å². The molecular formula is C89H173NO5. The van der Waals surface area contributed by atoms with Gasteiger partial charge in [-0.05, 0) is 57.8 Å². The zero-order valence-corrected chi connectivity index (χ0v) is 64.9. The lowest BCUT2D eigenvalue weighted by atomic mass is 10.0. The van der Waals surface area contributed by atoms with Crippen LogP contribution in [0.3, 0.4) is 0 Å². The van der Waals surface area contributed by atoms with Crippen LogP contribution in [-0.2, 0) is 14.3 Å². The Morgan fingerprint density at radius 3 is 0.747 bits per heavy atom. The average Bonchev–Trinajstić information content (AvgIpc) is 2.99. The maximum atomic E-state index is 12.6. The normalized spacial score (nSPS) is 12.5. The van der Waals surface area contributed by atoms with Crippen molar-refractivity contribution in [2.75, 3.05) is 13.2 Å². The SMILES string of the molecule is CCCCCCCCC/C=C\CCCCCCCCCC(=O)OCCCCCCCCCCCCCCCCCCCCCCCCCCCCCCCCCCCCCCCCCC(=O)NC(CO)C(O)/C=C/CCCCCCCCCCCCCCCCCCCCC. The molecule has 0 radical (unpaired) electrons. The average molecular weight is 1340 g/mol. The van der Waals surface area contributed by atoms with Gasteiger partial charge in [-0.3, -0.25) is 9.59 Å². The van der Waals surface area contributed by atoms with Gasteiger partial charge in [0.25, 0.3) is 0 Å². The van der Waals surface area contributed by atoms with E-state index in [1.165, 1.54) is 443 Å². The number of hydrogen-bond acceptors (Lipinski definition) is 5. The van der Waals surface area contributed by atoms with Gasteiger partial charge in [0.1, 0.15) is 0 Å². The van der Waals surface area contributed by atoms with Crippen molar-refractivity contribution in [3.8, 4) is 0 Å². The van der Waals surface area contributed by atoms with Gasteiger partial charge < -0.3 is 20.3 Å². The molecule has 6 nitrogen and oxygen atoms in total. The highest BCUT2D eigenvalue weighted by atomic mass is 16.5. The fraction of sp³-hybridized carbons (Fsp3) is 0.933. The summed E-state index contributed by atoms with van der Waals surface area (Å²) in [6.07, 6.45) is 111. The third-order valence-electron chi connectivity index (χ3n) is 21.0. The second-order valence-electron chi connectivity index (χ2n) is 30.6. The van der Waals surface area contributed by atoms with Crippen LogP contribution in [-0.4, -0.2) is 47.4 Å². The predicted octanol–water partition coefficient (Wildman–Crippen LogP) is 29.6. The first-order valence-corrected chi connectivity index (χ1v) is 44.1. The van der Waals surface area contributed by atoms with Crippen molar-refractivity contribution in [2.45, 2.75) is 520 Å². The van der Waals surface area contributed by atoms with E-state index in [4.69, 9.17) is 4.74 Å². The van der Waals surface area contributed by atoms with Crippen LogP contribution in [0, 0.1) is 0 Å². The first kappa shape index (κ1) is 93.3. The van der Waals surface area contributed by atoms with Crippen LogP contribution in [0.4, 0.5) is 0 Å². The second-order valence-corrected chi connectivity index (χ2v) is 30.6. The zero-order chi connectivity index (χ0) is 68.4. The van der Waals surface area contributed by atoms with E-state index in [1.807, 2.05) is 6.08 Å². The molecule has 2 unspecified atom stereocenters. The molecule has 0 rings (SSSR count). The Labute approximate surface area is 596 Å². The van der Waals surface area contributed by atoms with Gasteiger partial charge in [0.05, 0.1) is 25.4 Å². The van der Waals surface area contributed by atoms with Crippen molar-refractivity contribution in [3.63, 3.8) is 0 Å². The number of aliphatic hydroxyl groups is 2. The number of allylic oxidation sites excluding steroid dienone is 3. The molecule has 0 aromatic carbocycles. The molecule has 0 aromatic rings. The van der Waals surface area contributed by atoms with Crippen LogP contribution < -0.4 is 5.32 Å². The summed E-state index contributed by atoms with van der Waals surface area (Å²) in [5.74, 6) is -0.0343. The lowest BCUT2D eigenvalue weighted by Crippen LogP contribution is -2.45. The van der Waals surface area contributed by atoms with Crippen LogP contribution in [0.5, 0.6) is 0 Å². The van der Waals surface area contributed by atoms with Gasteiger partial charge in [-0.15, -0.1) is 0 Å². The van der Waals surface area contributed by atoms with Crippen molar-refractivity contribution < 1.29 is 24.5 Å². The van der Waals surface area contributed by atoms with Crippen molar-refractivity contribution in [3.05, 3.63) is 24.3 Å². The molecule has 0 aliphatic rings. The van der Waals surface area contributed by atoms with Gasteiger partial charge >= 0.3 is 5.97 Å². The molecule has 2 atom stereocenters. The molecule has 0 heterocycles. The molecule has 95 heavy (non-hydrogen) atoms. The summed E-state index contributed by atoms with van der Waals surface area (Å²) in [5, 5.41) is 23.3. The Balaban J connectivity index is 3.31. The van der Waals surface area contributed by atoms with Crippen molar-refractivity contribution in [1.82, 2.24) is 5.32 Å². The van der Waals surface area contributed by atoms with Crippen LogP contribution in [0.25, 0.3) is 0 Å². The number of esters is 1. The van der Waals surface area contributed by atoms with Gasteiger partial charge in [-0.25, -0.2) is 0 Å². The molecule has 0 spiro atoms. The number of amides is 1. The second kappa shape index (κ2) is 84.8. The molecule has 564 valence electrons. The first-order valence-electron chi connectivity index (χ1n) is 44.1. The maximum Gasteiger partial charge on any atom is 0.305 e. The third kappa shape index (κ3) is 81.2. The van der Waals surface area contributed by atoms with Gasteiger partial charge in [0.15, 0.2) is 0 Å². The predicted molar refractivity (Wildman–Crippen MR) is 421 cm³/mol. The minimum Gasteiger partial charge on any atom is -0.466 e. The maximum absolute atomic E-state index is 12.6. The summed E-state index contributed by atoms with van der Waals surface area (Å²) >= 11 is 0. The van der Waals surface area contributed by atoms with Gasteiger partial charge in [0, 0.05) is 12.8 Å². The Hall–Kier alpha value is -1.66. The highest BCUT2D eigenvalue weighted by molar-refractivity contribution is 5.76. The van der Waals surface area contributed by atoms with E-state index in [2.05, 4.69) is 31.3 Å². The standard InChI is InChI=1S/C89H173NO5/c1-3-5-7-9-11-13-15-17-19-21-23-43-46-49-53-57-61-65-69-73-77-81-87(92)86(85-91)90-88(93)82-78-74-70-66-62-58-54-50-47-44-41-39-37-35-33-31-29-27-25-24-26-28-30-32-34-36-38-40-42-45-48-52-56-60-64-68-72-76-80-84-95-89(94)83-79-75-71-67-63-59-55-51-22-20-18-16-14-12-10-8-6-4-2/h20,22,77,81,86-87,91-92H,3-19,21,23-76,78-80,82-85H2,1-2H3,(H,90,93)/b22-20-,81-77+. The number of carbonyl (C=O) groups is 2. The quantitative estimate of drug-likeness (QED) is 0.0320. The fourth-order valence-corrected chi connectivity index (χ4v) is 14.3. The van der Waals surface area contributed by atoms with Crippen LogP contribution >= 0.6 is 0 Å². The van der Waals surface area contributed by atoms with E-state index in [0.717, 1.165) is 38.5 Å². The highest BCUT2D eigenvalue weighted by Crippen LogP contribution is 2.21. The number of carbonyl (C=O) groups excluding carboxylic acids is 2. The highest BCUT2D eigenvalue weighted by Gasteiger charge is 2.18. The van der Waals surface area contributed by atoms with Crippen LogP contribution in [0.15, 0.2) is 24.3 Å². The number of nitrogens with one attached hydrogen (secondary N) is 1. The topological polar surface area (TPSA) is 95.9 Å². The molecule has 0 fully saturated rings. The molecule has 1 amide bonds. The molecule has 0 aromatic heterocycles. The van der Waals surface area contributed by atoms with Gasteiger partial charge in [-0.1, -0.05) is 462 Å². The number of rotatable bonds is 84. The third-order valence-corrected chi connectivity index (χ3v) is 21.0. The van der Waals surface area contributed by atoms with E-state index in [9.17, 15) is 19.8 Å². The summed E-state index contributed by atoms with van der Waals surface area (Å²) < 4.78 is 5.52. The zero-order valence-electron chi connectivity index (χ0n) is 64.9. The molecule has 3 N–H and O–H groups in total. The molecule has 0 saturated heterocycles. The summed E-state index contributed by atoms with van der Waals surface area (Å²) in [6, 6.07) is -0.624. The molecule has 0 bridgehead atoms. The largest absolute Gasteiger partial charge is 0.466 e. The number of hydrogen-bond donors (Lipinski definition) is 3. The minimum absolute atomic E-state index is 0.0222. The van der Waals surface area contributed by atoms with E-state index in [1.54, 1.807) is 6.08 Å². The fourth-order valence-electron chi connectivity index (χ4n) is 14.3. The van der Waals surface area contributed by atoms with Crippen molar-refractivity contribution in [2.24, 2.45) is 0 Å². The Bertz CT molecular complexity index is 1500. The smallest absolute Gasteiger partial charge is 0.305 e. The van der Waals surface area contributed by atoms with Gasteiger partial charge in [-0.2, -0.15) is 0 Å². The summed E-state index contributed by atoms with van der Waals surface area (Å²) in [7, 11) is 0. The molecular weight excluding hydrogens is 1160 g/mol. The lowest BCUT2D eigenvalue weighted by Gasteiger charge is -2.20. The van der Waals surface area contributed by atoms with Crippen LogP contribution in [0.2, 0.25) is 0 Å². The van der Waals surface area contributed by atoms with E-state index in [-0.39, 0.29) is 18.5 Å². The van der Waals surface area contributed by atoms with Crippen LogP contribution in [0.1, 0.15) is 508 Å². The first-order chi connectivity index (χ1) is 47.0. The van der Waals surface area contributed by atoms with E-state index < -0.39 is 12.1 Å². The molecule has 0 aliphatic carbocycles. The number of unbranched alkanes of at least 4 members (excludes halogenated alkanes) is 71. The Morgan fingerprint density at radius 1 is 0.284 bits per heavy atom. The molecule has 0 aliphatic heterocycles. The summed E-state index contributed by atoms with van der Waals surface area (Å²) in [4.78, 5) is 24.7. The van der Waals surface area contributed by atoms with Crippen molar-refractivity contribution in [1.29, 1.82) is 0 Å². The van der Waals surface area contributed by atoms with E-state index >= 15 is 0 Å². The minimum atomic E-state index is -0.841. The number of aliphatic hydroxyl groups excluding tert-OH is 2. The Kier molecular flexibility index (Phi) is 83.3. The number of ether oxygens (including phenoxy) is 1. The summed E-state index contributed by atoms with van der Waals surface area (Å²) in [5.41, 5.74) is 0. The molecule has 6 heteroatoms. The van der Waals surface area contributed by atoms with Gasteiger partial charge in [0.2, 0.25) is 5.91 Å². The Morgan fingerprint density at radius 2 is 0.495 bits per heavy atom. The lowest BCUT2D eigenvalue weighted by molar-refractivity contribution is -0.143.